The van der Waals surface area contributed by atoms with Gasteiger partial charge in [0.05, 0.1) is 12.0 Å². The number of aryl methyl sites for hydroxylation is 1. The average Bonchev–Trinajstić information content (AvgIpc) is 2.48. The first-order valence-corrected chi connectivity index (χ1v) is 6.42. The highest BCUT2D eigenvalue weighted by Crippen LogP contribution is 2.20. The lowest BCUT2D eigenvalue weighted by atomic mass is 10.0. The smallest absolute Gasteiger partial charge is 0.269 e. The third-order valence-corrected chi connectivity index (χ3v) is 3.24. The average molecular weight is 285 g/mol. The lowest BCUT2D eigenvalue weighted by molar-refractivity contribution is -0.384. The normalized spacial score (nSPS) is 10.2. The summed E-state index contributed by atoms with van der Waals surface area (Å²) < 4.78 is 5.20. The van der Waals surface area contributed by atoms with Gasteiger partial charge in [-0.15, -0.1) is 0 Å². The Kier molecular flexibility index (Phi) is 4.33. The van der Waals surface area contributed by atoms with Crippen LogP contribution in [-0.2, 0) is 6.42 Å². The number of carbonyl (C=O) groups is 1. The highest BCUT2D eigenvalue weighted by molar-refractivity contribution is 5.98. The van der Waals surface area contributed by atoms with Crippen molar-refractivity contribution in [2.24, 2.45) is 0 Å². The quantitative estimate of drug-likeness (QED) is 0.480. The van der Waals surface area contributed by atoms with E-state index in [1.165, 1.54) is 12.1 Å². The minimum atomic E-state index is -0.462. The maximum absolute atomic E-state index is 12.2. The Labute approximate surface area is 122 Å². The summed E-state index contributed by atoms with van der Waals surface area (Å²) in [5.74, 6) is 0.617. The number of nitrogens with zero attached hydrogens (tertiary/aromatic N) is 1. The molecular formula is C16H15NO4. The van der Waals surface area contributed by atoms with Crippen LogP contribution in [0, 0.1) is 17.0 Å². The van der Waals surface area contributed by atoms with Gasteiger partial charge < -0.3 is 4.74 Å². The van der Waals surface area contributed by atoms with Gasteiger partial charge in [-0.25, -0.2) is 0 Å². The standard InChI is InChI=1S/C16H15NO4/c1-11-3-6-13(10-16(11)21-2)15(18)9-12-4-7-14(8-5-12)17(19)20/h3-8,10H,9H2,1-2H3. The molecule has 0 N–H and O–H groups in total. The molecule has 0 saturated heterocycles. The zero-order valence-corrected chi connectivity index (χ0v) is 11.8. The van der Waals surface area contributed by atoms with Gasteiger partial charge in [0.15, 0.2) is 5.78 Å². The first kappa shape index (κ1) is 14.7. The molecular weight excluding hydrogens is 270 g/mol. The lowest BCUT2D eigenvalue weighted by Gasteiger charge is -2.07. The molecule has 0 aliphatic heterocycles. The molecule has 0 bridgehead atoms. The van der Waals surface area contributed by atoms with Gasteiger partial charge in [0.1, 0.15) is 5.75 Å². The Balaban J connectivity index is 2.15. The summed E-state index contributed by atoms with van der Waals surface area (Å²) in [6.07, 6.45) is 0.199. The number of hydrogen-bond donors (Lipinski definition) is 0. The van der Waals surface area contributed by atoms with E-state index in [1.54, 1.807) is 31.4 Å². The molecule has 2 aromatic rings. The van der Waals surface area contributed by atoms with Gasteiger partial charge in [-0.05, 0) is 24.1 Å². The van der Waals surface area contributed by atoms with Crippen molar-refractivity contribution in [1.82, 2.24) is 0 Å². The fourth-order valence-corrected chi connectivity index (χ4v) is 2.02. The van der Waals surface area contributed by atoms with Crippen molar-refractivity contribution in [3.63, 3.8) is 0 Å². The van der Waals surface area contributed by atoms with Gasteiger partial charge in [-0.2, -0.15) is 0 Å². The van der Waals surface area contributed by atoms with Gasteiger partial charge in [-0.1, -0.05) is 24.3 Å². The predicted octanol–water partition coefficient (Wildman–Crippen LogP) is 3.34. The second-order valence-electron chi connectivity index (χ2n) is 4.71. The Morgan fingerprint density at radius 3 is 2.43 bits per heavy atom. The summed E-state index contributed by atoms with van der Waals surface area (Å²) in [5.41, 5.74) is 2.29. The van der Waals surface area contributed by atoms with E-state index in [2.05, 4.69) is 0 Å². The maximum atomic E-state index is 12.2. The molecule has 0 amide bonds. The van der Waals surface area contributed by atoms with E-state index < -0.39 is 4.92 Å². The molecule has 0 heterocycles. The van der Waals surface area contributed by atoms with Crippen LogP contribution in [0.5, 0.6) is 5.75 Å². The van der Waals surface area contributed by atoms with E-state index in [1.807, 2.05) is 13.0 Å². The van der Waals surface area contributed by atoms with Gasteiger partial charge in [0.2, 0.25) is 0 Å². The molecule has 21 heavy (non-hydrogen) atoms. The number of ketones is 1. The molecule has 0 aliphatic rings. The summed E-state index contributed by atoms with van der Waals surface area (Å²) in [6, 6.07) is 11.3. The predicted molar refractivity (Wildman–Crippen MR) is 78.9 cm³/mol. The van der Waals surface area contributed by atoms with Crippen LogP contribution < -0.4 is 4.74 Å². The third-order valence-electron chi connectivity index (χ3n) is 3.24. The Morgan fingerprint density at radius 1 is 1.19 bits per heavy atom. The largest absolute Gasteiger partial charge is 0.496 e. The number of Topliss-reactive ketones (excluding diaryl/α,β-unsaturated/α-hetero) is 1. The van der Waals surface area contributed by atoms with Crippen molar-refractivity contribution >= 4 is 11.5 Å². The molecule has 0 atom stereocenters. The van der Waals surface area contributed by atoms with Gasteiger partial charge in [-0.3, -0.25) is 14.9 Å². The van der Waals surface area contributed by atoms with E-state index >= 15 is 0 Å². The van der Waals surface area contributed by atoms with Crippen LogP contribution in [-0.4, -0.2) is 17.8 Å². The van der Waals surface area contributed by atoms with Crippen molar-refractivity contribution in [3.05, 3.63) is 69.3 Å². The monoisotopic (exact) mass is 285 g/mol. The summed E-state index contributed by atoms with van der Waals surface area (Å²) >= 11 is 0. The van der Waals surface area contributed by atoms with Crippen LogP contribution in [0.4, 0.5) is 5.69 Å². The van der Waals surface area contributed by atoms with Gasteiger partial charge in [0, 0.05) is 24.1 Å². The molecule has 5 heteroatoms. The van der Waals surface area contributed by atoms with Crippen molar-refractivity contribution < 1.29 is 14.5 Å². The van der Waals surface area contributed by atoms with Gasteiger partial charge in [0.25, 0.3) is 5.69 Å². The number of carbonyl (C=O) groups excluding carboxylic acids is 1. The first-order chi connectivity index (χ1) is 10.0. The molecule has 0 fully saturated rings. The highest BCUT2D eigenvalue weighted by atomic mass is 16.6. The van der Waals surface area contributed by atoms with E-state index in [-0.39, 0.29) is 17.9 Å². The number of nitro benzene ring substituents is 1. The molecule has 5 nitrogen and oxygen atoms in total. The van der Waals surface area contributed by atoms with Crippen LogP contribution in [0.2, 0.25) is 0 Å². The van der Waals surface area contributed by atoms with Crippen molar-refractivity contribution in [2.75, 3.05) is 7.11 Å². The van der Waals surface area contributed by atoms with Crippen LogP contribution >= 0.6 is 0 Å². The van der Waals surface area contributed by atoms with Crippen molar-refractivity contribution in [1.29, 1.82) is 0 Å². The van der Waals surface area contributed by atoms with E-state index in [0.29, 0.717) is 11.3 Å². The number of benzene rings is 2. The van der Waals surface area contributed by atoms with Gasteiger partial charge >= 0.3 is 0 Å². The zero-order chi connectivity index (χ0) is 15.4. The molecule has 0 aliphatic carbocycles. The minimum absolute atomic E-state index is 0.0169. The Bertz CT molecular complexity index is 677. The second kappa shape index (κ2) is 6.17. The number of methoxy groups -OCH3 is 1. The fraction of sp³-hybridized carbons (Fsp3) is 0.188. The van der Waals surface area contributed by atoms with Crippen LogP contribution in [0.3, 0.4) is 0 Å². The topological polar surface area (TPSA) is 69.4 Å². The highest BCUT2D eigenvalue weighted by Gasteiger charge is 2.11. The lowest BCUT2D eigenvalue weighted by Crippen LogP contribution is -2.04. The Morgan fingerprint density at radius 2 is 1.86 bits per heavy atom. The summed E-state index contributed by atoms with van der Waals surface area (Å²) in [7, 11) is 1.56. The SMILES string of the molecule is COc1cc(C(=O)Cc2ccc([N+](=O)[O-])cc2)ccc1C. The molecule has 2 aromatic carbocycles. The number of rotatable bonds is 5. The number of nitro groups is 1. The maximum Gasteiger partial charge on any atom is 0.269 e. The molecule has 2 rings (SSSR count). The van der Waals surface area contributed by atoms with Crippen molar-refractivity contribution in [2.45, 2.75) is 13.3 Å². The summed E-state index contributed by atoms with van der Waals surface area (Å²) in [5, 5.41) is 10.6. The molecule has 0 spiro atoms. The van der Waals surface area contributed by atoms with Crippen LogP contribution in [0.15, 0.2) is 42.5 Å². The van der Waals surface area contributed by atoms with E-state index in [4.69, 9.17) is 4.74 Å². The number of non-ortho nitro benzene ring substituents is 1. The molecule has 108 valence electrons. The molecule has 0 saturated carbocycles. The molecule has 0 radical (unpaired) electrons. The number of ether oxygens (including phenoxy) is 1. The van der Waals surface area contributed by atoms with Crippen LogP contribution in [0.1, 0.15) is 21.5 Å². The third kappa shape index (κ3) is 3.45. The fourth-order valence-electron chi connectivity index (χ4n) is 2.02. The van der Waals surface area contributed by atoms with E-state index in [9.17, 15) is 14.9 Å². The second-order valence-corrected chi connectivity index (χ2v) is 4.71. The summed E-state index contributed by atoms with van der Waals surface area (Å²) in [6.45, 7) is 1.91. The van der Waals surface area contributed by atoms with Crippen LogP contribution in [0.25, 0.3) is 0 Å². The minimum Gasteiger partial charge on any atom is -0.496 e. The summed E-state index contributed by atoms with van der Waals surface area (Å²) in [4.78, 5) is 22.3. The molecule has 0 aromatic heterocycles. The zero-order valence-electron chi connectivity index (χ0n) is 11.8. The van der Waals surface area contributed by atoms with E-state index in [0.717, 1.165) is 11.1 Å². The first-order valence-electron chi connectivity index (χ1n) is 6.42. The Hall–Kier alpha value is -2.69. The number of hydrogen-bond acceptors (Lipinski definition) is 4. The van der Waals surface area contributed by atoms with Crippen molar-refractivity contribution in [3.8, 4) is 5.75 Å². The molecule has 0 unspecified atom stereocenters.